The maximum absolute atomic E-state index is 13.0. The van der Waals surface area contributed by atoms with Crippen LogP contribution in [0.1, 0.15) is 27.0 Å². The van der Waals surface area contributed by atoms with Crippen molar-refractivity contribution in [2.45, 2.75) is 24.9 Å². The first-order valence-corrected chi connectivity index (χ1v) is 10.7. The van der Waals surface area contributed by atoms with E-state index in [-0.39, 0.29) is 12.3 Å². The molecule has 7 nitrogen and oxygen atoms in total. The lowest BCUT2D eigenvalue weighted by atomic mass is 10.1. The van der Waals surface area contributed by atoms with Crippen LogP contribution in [0.25, 0.3) is 0 Å². The zero-order valence-corrected chi connectivity index (χ0v) is 17.1. The highest BCUT2D eigenvalue weighted by molar-refractivity contribution is 7.92. The quantitative estimate of drug-likeness (QED) is 0.639. The minimum Gasteiger partial charge on any atom is -0.350 e. The summed E-state index contributed by atoms with van der Waals surface area (Å²) in [7, 11) is -3.95. The molecule has 0 bridgehead atoms. The summed E-state index contributed by atoms with van der Waals surface area (Å²) in [6.45, 7) is 3.01. The van der Waals surface area contributed by atoms with Gasteiger partial charge in [0.1, 0.15) is 6.54 Å². The van der Waals surface area contributed by atoms with Crippen molar-refractivity contribution in [2.75, 3.05) is 13.1 Å². The summed E-state index contributed by atoms with van der Waals surface area (Å²) in [5.74, 6) is -1.64. The molecular weight excluding hydrogens is 390 g/mol. The molecule has 2 rings (SSSR count). The Bertz CT molecular complexity index is 1010. The summed E-state index contributed by atoms with van der Waals surface area (Å²) in [6, 6.07) is 15.5. The second-order valence-corrected chi connectivity index (χ2v) is 8.93. The first-order valence-electron chi connectivity index (χ1n) is 8.99. The largest absolute Gasteiger partial charge is 0.350 e. The number of amides is 2. The average Bonchev–Trinajstić information content (AvgIpc) is 2.65. The number of carbonyl (C=O) groups excluding carboxylic acids is 2. The molecule has 2 aromatic carbocycles. The zero-order valence-electron chi connectivity index (χ0n) is 16.3. The first-order chi connectivity index (χ1) is 13.7. The number of nitrogens with one attached hydrogen (secondary N) is 2. The Labute approximate surface area is 170 Å². The maximum Gasteiger partial charge on any atom is 0.251 e. The standard InChI is InChI=1S/C21H23N3O4S/c1-15-10-16(2)12-17(11-15)14-29(27,28)19(21(26)23-9-8-22)13-24-20(25)18-6-4-3-5-7-18/h3-7,10-12,19H,9,13-14H2,1-2H3,(H,23,26)(H,24,25). The van der Waals surface area contributed by atoms with Crippen molar-refractivity contribution in [1.82, 2.24) is 10.6 Å². The van der Waals surface area contributed by atoms with Crippen LogP contribution in [0.4, 0.5) is 0 Å². The van der Waals surface area contributed by atoms with E-state index in [1.165, 1.54) is 0 Å². The number of aryl methyl sites for hydroxylation is 2. The lowest BCUT2D eigenvalue weighted by molar-refractivity contribution is -0.120. The normalized spacial score (nSPS) is 11.9. The highest BCUT2D eigenvalue weighted by Crippen LogP contribution is 2.16. The van der Waals surface area contributed by atoms with Crippen molar-refractivity contribution in [2.24, 2.45) is 0 Å². The fourth-order valence-corrected chi connectivity index (χ4v) is 4.56. The van der Waals surface area contributed by atoms with Crippen molar-refractivity contribution in [3.05, 3.63) is 70.8 Å². The molecule has 2 aromatic rings. The number of nitriles is 1. The van der Waals surface area contributed by atoms with Crippen molar-refractivity contribution in [3.8, 4) is 6.07 Å². The van der Waals surface area contributed by atoms with Gasteiger partial charge >= 0.3 is 0 Å². The van der Waals surface area contributed by atoms with Crippen LogP contribution in [0, 0.1) is 25.2 Å². The van der Waals surface area contributed by atoms with Crippen LogP contribution >= 0.6 is 0 Å². The molecule has 8 heteroatoms. The number of hydrogen-bond acceptors (Lipinski definition) is 5. The fourth-order valence-electron chi connectivity index (χ4n) is 2.99. The Morgan fingerprint density at radius 1 is 1.03 bits per heavy atom. The molecule has 2 amide bonds. The van der Waals surface area contributed by atoms with Crippen LogP contribution in [0.3, 0.4) is 0 Å². The van der Waals surface area contributed by atoms with E-state index in [2.05, 4.69) is 10.6 Å². The number of rotatable bonds is 8. The molecule has 0 aliphatic rings. The molecule has 152 valence electrons. The van der Waals surface area contributed by atoms with Gasteiger partial charge in [-0.15, -0.1) is 0 Å². The molecule has 0 fully saturated rings. The fraction of sp³-hybridized carbons (Fsp3) is 0.286. The van der Waals surface area contributed by atoms with Gasteiger partial charge in [-0.25, -0.2) is 8.42 Å². The van der Waals surface area contributed by atoms with Crippen LogP contribution in [-0.4, -0.2) is 38.6 Å². The van der Waals surface area contributed by atoms with Crippen molar-refractivity contribution in [3.63, 3.8) is 0 Å². The highest BCUT2D eigenvalue weighted by atomic mass is 32.2. The molecule has 0 saturated heterocycles. The molecule has 0 aliphatic heterocycles. The molecule has 2 N–H and O–H groups in total. The Balaban J connectivity index is 2.22. The van der Waals surface area contributed by atoms with E-state index >= 15 is 0 Å². The van der Waals surface area contributed by atoms with Gasteiger partial charge in [0.25, 0.3) is 5.91 Å². The number of sulfone groups is 1. The van der Waals surface area contributed by atoms with Crippen LogP contribution < -0.4 is 10.6 Å². The van der Waals surface area contributed by atoms with Gasteiger partial charge in [-0.1, -0.05) is 47.5 Å². The Morgan fingerprint density at radius 2 is 1.66 bits per heavy atom. The third kappa shape index (κ3) is 6.43. The molecule has 0 aromatic heterocycles. The summed E-state index contributed by atoms with van der Waals surface area (Å²) in [6.07, 6.45) is 0. The Hall–Kier alpha value is -3.18. The SMILES string of the molecule is Cc1cc(C)cc(CS(=O)(=O)C(CNC(=O)c2ccccc2)C(=O)NCC#N)c1. The summed E-state index contributed by atoms with van der Waals surface area (Å²) in [5, 5.41) is 12.0. The van der Waals surface area contributed by atoms with Crippen molar-refractivity contribution >= 4 is 21.7 Å². The molecule has 1 atom stereocenters. The van der Waals surface area contributed by atoms with Gasteiger partial charge in [0, 0.05) is 12.1 Å². The molecule has 0 spiro atoms. The van der Waals surface area contributed by atoms with Gasteiger partial charge in [-0.2, -0.15) is 5.26 Å². The molecule has 29 heavy (non-hydrogen) atoms. The van der Waals surface area contributed by atoms with Gasteiger partial charge in [0.2, 0.25) is 5.91 Å². The molecule has 0 radical (unpaired) electrons. The predicted octanol–water partition coefficient (Wildman–Crippen LogP) is 1.66. The first kappa shape index (κ1) is 22.1. The predicted molar refractivity (Wildman–Crippen MR) is 110 cm³/mol. The van der Waals surface area contributed by atoms with E-state index in [0.29, 0.717) is 11.1 Å². The van der Waals surface area contributed by atoms with Crippen LogP contribution in [-0.2, 0) is 20.4 Å². The van der Waals surface area contributed by atoms with E-state index in [1.807, 2.05) is 19.9 Å². The Morgan fingerprint density at radius 3 is 2.24 bits per heavy atom. The lowest BCUT2D eigenvalue weighted by Gasteiger charge is -2.18. The summed E-state index contributed by atoms with van der Waals surface area (Å²) in [4.78, 5) is 24.7. The monoisotopic (exact) mass is 413 g/mol. The second-order valence-electron chi connectivity index (χ2n) is 6.74. The van der Waals surface area contributed by atoms with E-state index in [4.69, 9.17) is 5.26 Å². The van der Waals surface area contributed by atoms with Crippen LogP contribution in [0.15, 0.2) is 48.5 Å². The average molecular weight is 413 g/mol. The molecule has 0 aliphatic carbocycles. The lowest BCUT2D eigenvalue weighted by Crippen LogP contribution is -2.47. The summed E-state index contributed by atoms with van der Waals surface area (Å²) < 4.78 is 26.0. The highest BCUT2D eigenvalue weighted by Gasteiger charge is 2.33. The minimum atomic E-state index is -3.95. The topological polar surface area (TPSA) is 116 Å². The maximum atomic E-state index is 13.0. The van der Waals surface area contributed by atoms with Crippen molar-refractivity contribution < 1.29 is 18.0 Å². The Kier molecular flexibility index (Phi) is 7.51. The number of hydrogen-bond donors (Lipinski definition) is 2. The van der Waals surface area contributed by atoms with Gasteiger partial charge in [-0.05, 0) is 31.5 Å². The number of carbonyl (C=O) groups is 2. The third-order valence-corrected chi connectivity index (χ3v) is 6.18. The van der Waals surface area contributed by atoms with Gasteiger partial charge < -0.3 is 10.6 Å². The van der Waals surface area contributed by atoms with E-state index < -0.39 is 33.4 Å². The molecule has 1 unspecified atom stereocenters. The van der Waals surface area contributed by atoms with Crippen LogP contribution in [0.5, 0.6) is 0 Å². The molecule has 0 heterocycles. The van der Waals surface area contributed by atoms with E-state index in [0.717, 1.165) is 11.1 Å². The summed E-state index contributed by atoms with van der Waals surface area (Å²) >= 11 is 0. The number of nitrogens with zero attached hydrogens (tertiary/aromatic N) is 1. The minimum absolute atomic E-state index is 0.318. The summed E-state index contributed by atoms with van der Waals surface area (Å²) in [5.41, 5.74) is 2.75. The third-order valence-electron chi connectivity index (χ3n) is 4.20. The van der Waals surface area contributed by atoms with Gasteiger partial charge in [0.15, 0.2) is 15.1 Å². The molecular formula is C21H23N3O4S. The van der Waals surface area contributed by atoms with Crippen molar-refractivity contribution in [1.29, 1.82) is 5.26 Å². The van der Waals surface area contributed by atoms with E-state index in [9.17, 15) is 18.0 Å². The van der Waals surface area contributed by atoms with E-state index in [1.54, 1.807) is 48.5 Å². The van der Waals surface area contributed by atoms with Gasteiger partial charge in [0.05, 0.1) is 11.8 Å². The zero-order chi connectivity index (χ0) is 21.4. The smallest absolute Gasteiger partial charge is 0.251 e. The molecule has 0 saturated carbocycles. The van der Waals surface area contributed by atoms with Gasteiger partial charge in [-0.3, -0.25) is 9.59 Å². The van der Waals surface area contributed by atoms with Crippen LogP contribution in [0.2, 0.25) is 0 Å². The second kappa shape index (κ2) is 9.85. The number of benzene rings is 2.